The van der Waals surface area contributed by atoms with Crippen LogP contribution in [0.1, 0.15) is 44.9 Å². The summed E-state index contributed by atoms with van der Waals surface area (Å²) in [7, 11) is 1.65. The van der Waals surface area contributed by atoms with Gasteiger partial charge in [0.25, 0.3) is 12.5 Å². The first-order valence-corrected chi connectivity index (χ1v) is 9.87. The van der Waals surface area contributed by atoms with Gasteiger partial charge >= 0.3 is 0 Å². The van der Waals surface area contributed by atoms with Gasteiger partial charge in [-0.05, 0) is 78.8 Å². The van der Waals surface area contributed by atoms with E-state index in [1.54, 1.807) is 19.6 Å². The van der Waals surface area contributed by atoms with E-state index in [4.69, 9.17) is 24.7 Å². The fourth-order valence-electron chi connectivity index (χ4n) is 4.09. The number of aryl methyl sites for hydroxylation is 4. The van der Waals surface area contributed by atoms with Crippen LogP contribution in [0.2, 0.25) is 0 Å². The minimum absolute atomic E-state index is 0.0621. The van der Waals surface area contributed by atoms with Gasteiger partial charge in [-0.1, -0.05) is 36.4 Å². The number of benzene rings is 3. The van der Waals surface area contributed by atoms with E-state index in [-0.39, 0.29) is 5.92 Å². The van der Waals surface area contributed by atoms with Crippen molar-refractivity contribution in [2.24, 2.45) is 0 Å². The Morgan fingerprint density at radius 2 is 1.03 bits per heavy atom. The van der Waals surface area contributed by atoms with Gasteiger partial charge in [0, 0.05) is 5.92 Å². The highest BCUT2D eigenvalue weighted by molar-refractivity contribution is 5.54. The molecule has 0 atom stereocenters. The van der Waals surface area contributed by atoms with Crippen LogP contribution in [0.5, 0.6) is 17.2 Å². The summed E-state index contributed by atoms with van der Waals surface area (Å²) in [6.45, 7) is 7.76. The maximum atomic E-state index is 8.96. The van der Waals surface area contributed by atoms with E-state index >= 15 is 0 Å². The Morgan fingerprint density at radius 1 is 0.645 bits per heavy atom. The first kappa shape index (κ1) is 21.7. The van der Waals surface area contributed by atoms with Gasteiger partial charge in [-0.2, -0.15) is 0 Å². The van der Waals surface area contributed by atoms with Crippen LogP contribution >= 0.6 is 0 Å². The standard InChI is InChI=1S/C26H24N2O3/c1-16-10-21(11-17(2)25(16)30-14-27)24(20-6-8-23(29-5)9-7-20)22-12-18(3)26(31-15-28)19(4)13-22/h6-13,24H,1-5H3. The van der Waals surface area contributed by atoms with Crippen LogP contribution in [0, 0.1) is 50.7 Å². The lowest BCUT2D eigenvalue weighted by Gasteiger charge is -2.23. The second-order valence-electron chi connectivity index (χ2n) is 7.56. The highest BCUT2D eigenvalue weighted by Crippen LogP contribution is 2.39. The molecule has 31 heavy (non-hydrogen) atoms. The van der Waals surface area contributed by atoms with E-state index in [2.05, 4.69) is 36.4 Å². The molecule has 3 rings (SSSR count). The monoisotopic (exact) mass is 412 g/mol. The number of hydrogen-bond donors (Lipinski definition) is 0. The van der Waals surface area contributed by atoms with Crippen molar-refractivity contribution in [3.63, 3.8) is 0 Å². The summed E-state index contributed by atoms with van der Waals surface area (Å²) in [6.07, 6.45) is 3.54. The minimum atomic E-state index is -0.0621. The smallest absolute Gasteiger partial charge is 0.292 e. The Morgan fingerprint density at radius 3 is 1.35 bits per heavy atom. The van der Waals surface area contributed by atoms with Crippen LogP contribution in [-0.2, 0) is 0 Å². The molecular weight excluding hydrogens is 388 g/mol. The normalized spacial score (nSPS) is 10.3. The Labute approximate surface area is 183 Å². The molecule has 0 spiro atoms. The van der Waals surface area contributed by atoms with E-state index in [0.29, 0.717) is 11.5 Å². The quantitative estimate of drug-likeness (QED) is 0.376. The maximum Gasteiger partial charge on any atom is 0.292 e. The van der Waals surface area contributed by atoms with Crippen LogP contribution in [0.3, 0.4) is 0 Å². The third-order valence-corrected chi connectivity index (χ3v) is 5.38. The molecule has 0 saturated carbocycles. The van der Waals surface area contributed by atoms with E-state index in [1.807, 2.05) is 39.8 Å². The Hall–Kier alpha value is -3.96. The first-order valence-electron chi connectivity index (χ1n) is 9.87. The van der Waals surface area contributed by atoms with Crippen LogP contribution in [0.25, 0.3) is 0 Å². The molecule has 5 nitrogen and oxygen atoms in total. The van der Waals surface area contributed by atoms with Crippen molar-refractivity contribution in [3.05, 3.63) is 87.5 Å². The highest BCUT2D eigenvalue weighted by Gasteiger charge is 2.21. The van der Waals surface area contributed by atoms with E-state index in [9.17, 15) is 0 Å². The molecule has 3 aromatic rings. The van der Waals surface area contributed by atoms with Crippen molar-refractivity contribution in [3.8, 4) is 29.8 Å². The molecule has 0 aliphatic rings. The molecule has 156 valence electrons. The Bertz CT molecular complexity index is 1070. The molecule has 0 saturated heterocycles. The summed E-state index contributed by atoms with van der Waals surface area (Å²) in [6, 6.07) is 16.2. The van der Waals surface area contributed by atoms with Gasteiger partial charge in [0.1, 0.15) is 17.2 Å². The molecule has 0 aromatic heterocycles. The number of nitrogens with zero attached hydrogens (tertiary/aromatic N) is 2. The molecule has 0 fully saturated rings. The SMILES string of the molecule is COc1ccc(C(c2cc(C)c(OC#N)c(C)c2)c2cc(C)c(OC#N)c(C)c2)cc1. The lowest BCUT2D eigenvalue weighted by molar-refractivity contribution is 0.414. The third kappa shape index (κ3) is 4.47. The Kier molecular flexibility index (Phi) is 6.48. The summed E-state index contributed by atoms with van der Waals surface area (Å²) in [5.74, 6) is 1.90. The average molecular weight is 412 g/mol. The lowest BCUT2D eigenvalue weighted by Crippen LogP contribution is -2.07. The first-order chi connectivity index (χ1) is 14.9. The summed E-state index contributed by atoms with van der Waals surface area (Å²) >= 11 is 0. The summed E-state index contributed by atoms with van der Waals surface area (Å²) in [4.78, 5) is 0. The predicted molar refractivity (Wildman–Crippen MR) is 118 cm³/mol. The molecule has 0 unspecified atom stereocenters. The lowest BCUT2D eigenvalue weighted by atomic mass is 9.82. The van der Waals surface area contributed by atoms with Gasteiger partial charge in [0.2, 0.25) is 0 Å². The van der Waals surface area contributed by atoms with E-state index in [0.717, 1.165) is 44.7 Å². The summed E-state index contributed by atoms with van der Waals surface area (Å²) in [5, 5.41) is 17.9. The zero-order chi connectivity index (χ0) is 22.5. The minimum Gasteiger partial charge on any atom is -0.497 e. The predicted octanol–water partition coefficient (Wildman–Crippen LogP) is 5.83. The Balaban J connectivity index is 2.22. The number of ether oxygens (including phenoxy) is 3. The molecule has 0 aliphatic heterocycles. The highest BCUT2D eigenvalue weighted by atomic mass is 16.5. The average Bonchev–Trinajstić information content (AvgIpc) is 2.74. The summed E-state index contributed by atoms with van der Waals surface area (Å²) < 4.78 is 15.7. The second-order valence-corrected chi connectivity index (χ2v) is 7.56. The van der Waals surface area contributed by atoms with Crippen LogP contribution in [-0.4, -0.2) is 7.11 Å². The number of rotatable bonds is 6. The molecule has 0 heterocycles. The molecule has 0 N–H and O–H groups in total. The molecular formula is C26H24N2O3. The fraction of sp³-hybridized carbons (Fsp3) is 0.231. The van der Waals surface area contributed by atoms with Gasteiger partial charge in [0.05, 0.1) is 7.11 Å². The number of nitriles is 2. The number of methoxy groups -OCH3 is 1. The third-order valence-electron chi connectivity index (χ3n) is 5.38. The van der Waals surface area contributed by atoms with Crippen LogP contribution < -0.4 is 14.2 Å². The maximum absolute atomic E-state index is 8.96. The topological polar surface area (TPSA) is 75.3 Å². The number of hydrogen-bond acceptors (Lipinski definition) is 5. The summed E-state index contributed by atoms with van der Waals surface area (Å²) in [5.41, 5.74) is 6.85. The van der Waals surface area contributed by atoms with Crippen molar-refractivity contribution in [1.82, 2.24) is 0 Å². The van der Waals surface area contributed by atoms with Gasteiger partial charge < -0.3 is 14.2 Å². The molecule has 0 radical (unpaired) electrons. The molecule has 0 bridgehead atoms. The van der Waals surface area contributed by atoms with Crippen molar-refractivity contribution in [2.45, 2.75) is 33.6 Å². The zero-order valence-corrected chi connectivity index (χ0v) is 18.3. The zero-order valence-electron chi connectivity index (χ0n) is 18.3. The molecule has 0 amide bonds. The van der Waals surface area contributed by atoms with Crippen LogP contribution in [0.15, 0.2) is 48.5 Å². The molecule has 3 aromatic carbocycles. The largest absolute Gasteiger partial charge is 0.497 e. The van der Waals surface area contributed by atoms with E-state index < -0.39 is 0 Å². The fourth-order valence-corrected chi connectivity index (χ4v) is 4.09. The second kappa shape index (κ2) is 9.24. The van der Waals surface area contributed by atoms with Gasteiger partial charge in [0.15, 0.2) is 0 Å². The van der Waals surface area contributed by atoms with Gasteiger partial charge in [-0.15, -0.1) is 10.5 Å². The van der Waals surface area contributed by atoms with Crippen molar-refractivity contribution in [1.29, 1.82) is 10.5 Å². The van der Waals surface area contributed by atoms with Crippen LogP contribution in [0.4, 0.5) is 0 Å². The van der Waals surface area contributed by atoms with Crippen molar-refractivity contribution in [2.75, 3.05) is 7.11 Å². The van der Waals surface area contributed by atoms with Crippen molar-refractivity contribution >= 4 is 0 Å². The molecule has 5 heteroatoms. The molecule has 0 aliphatic carbocycles. The van der Waals surface area contributed by atoms with Crippen molar-refractivity contribution < 1.29 is 14.2 Å². The van der Waals surface area contributed by atoms with Gasteiger partial charge in [-0.25, -0.2) is 0 Å². The van der Waals surface area contributed by atoms with E-state index in [1.165, 1.54) is 0 Å². The van der Waals surface area contributed by atoms with Gasteiger partial charge in [-0.3, -0.25) is 0 Å².